The minimum absolute atomic E-state index is 0.218. The molecular weight excluding hydrogens is 162 g/mol. The average Bonchev–Trinajstić information content (AvgIpc) is 1.96. The van der Waals surface area contributed by atoms with Gasteiger partial charge in [0.15, 0.2) is 0 Å². The topological polar surface area (TPSA) is 52.3 Å². The van der Waals surface area contributed by atoms with E-state index in [1.54, 1.807) is 18.9 Å². The third-order valence-electron chi connectivity index (χ3n) is 1.13. The third-order valence-corrected chi connectivity index (χ3v) is 2.20. The van der Waals surface area contributed by atoms with Gasteiger partial charge in [0.2, 0.25) is 5.91 Å². The van der Waals surface area contributed by atoms with Gasteiger partial charge in [-0.15, -0.1) is 0 Å². The van der Waals surface area contributed by atoms with Crippen LogP contribution in [0.2, 0.25) is 0 Å². The highest BCUT2D eigenvalue weighted by Crippen LogP contribution is 2.03. The van der Waals surface area contributed by atoms with Gasteiger partial charge in [0, 0.05) is 25.9 Å². The summed E-state index contributed by atoms with van der Waals surface area (Å²) in [6, 6.07) is 0. The van der Waals surface area contributed by atoms with E-state index in [9.17, 15) is 4.79 Å². The van der Waals surface area contributed by atoms with E-state index in [1.807, 2.05) is 0 Å². The fourth-order valence-corrected chi connectivity index (χ4v) is 1.45. The lowest BCUT2D eigenvalue weighted by Crippen LogP contribution is -2.11. The van der Waals surface area contributed by atoms with Crippen molar-refractivity contribution in [1.29, 1.82) is 0 Å². The number of hydrogen-bond acceptors (Lipinski definition) is 3. The lowest BCUT2D eigenvalue weighted by Gasteiger charge is -1.98. The van der Waals surface area contributed by atoms with Crippen molar-refractivity contribution < 1.29 is 9.53 Å². The van der Waals surface area contributed by atoms with Gasteiger partial charge in [-0.25, -0.2) is 0 Å². The van der Waals surface area contributed by atoms with Gasteiger partial charge in [-0.1, -0.05) is 0 Å². The molecule has 0 atom stereocenters. The molecule has 2 N–H and O–H groups in total. The van der Waals surface area contributed by atoms with Crippen molar-refractivity contribution in [2.45, 2.75) is 12.8 Å². The van der Waals surface area contributed by atoms with Crippen molar-refractivity contribution in [2.24, 2.45) is 5.73 Å². The molecule has 0 aliphatic carbocycles. The van der Waals surface area contributed by atoms with Crippen LogP contribution in [0.4, 0.5) is 0 Å². The van der Waals surface area contributed by atoms with Gasteiger partial charge in [0.05, 0.1) is 0 Å². The highest BCUT2D eigenvalue weighted by molar-refractivity contribution is 7.99. The highest BCUT2D eigenvalue weighted by Gasteiger charge is 1.93. The van der Waals surface area contributed by atoms with Gasteiger partial charge in [-0.3, -0.25) is 4.79 Å². The third kappa shape index (κ3) is 9.78. The summed E-state index contributed by atoms with van der Waals surface area (Å²) >= 11 is 1.74. The summed E-state index contributed by atoms with van der Waals surface area (Å²) in [5, 5.41) is 0. The molecule has 66 valence electrons. The van der Waals surface area contributed by atoms with E-state index in [4.69, 9.17) is 10.5 Å². The summed E-state index contributed by atoms with van der Waals surface area (Å²) in [7, 11) is 1.69. The van der Waals surface area contributed by atoms with Crippen LogP contribution in [0.5, 0.6) is 0 Å². The van der Waals surface area contributed by atoms with Crippen LogP contribution in [0.1, 0.15) is 12.8 Å². The number of primary amides is 1. The van der Waals surface area contributed by atoms with Gasteiger partial charge >= 0.3 is 0 Å². The monoisotopic (exact) mass is 177 g/mol. The largest absolute Gasteiger partial charge is 0.385 e. The van der Waals surface area contributed by atoms with Crippen LogP contribution in [0, 0.1) is 0 Å². The van der Waals surface area contributed by atoms with Crippen LogP contribution in [0.25, 0.3) is 0 Å². The predicted octanol–water partition coefficient (Wildman–Crippen LogP) is 0.632. The zero-order valence-corrected chi connectivity index (χ0v) is 7.65. The normalized spacial score (nSPS) is 9.91. The van der Waals surface area contributed by atoms with Gasteiger partial charge in [-0.2, -0.15) is 11.8 Å². The Morgan fingerprint density at radius 3 is 2.82 bits per heavy atom. The average molecular weight is 177 g/mol. The zero-order valence-electron chi connectivity index (χ0n) is 6.84. The van der Waals surface area contributed by atoms with E-state index < -0.39 is 0 Å². The van der Waals surface area contributed by atoms with Crippen molar-refractivity contribution in [3.05, 3.63) is 0 Å². The first-order valence-electron chi connectivity index (χ1n) is 3.62. The number of ether oxygens (including phenoxy) is 1. The lowest BCUT2D eigenvalue weighted by atomic mass is 10.5. The van der Waals surface area contributed by atoms with Crippen molar-refractivity contribution in [2.75, 3.05) is 25.2 Å². The van der Waals surface area contributed by atoms with Crippen molar-refractivity contribution in [3.63, 3.8) is 0 Å². The summed E-state index contributed by atoms with van der Waals surface area (Å²) in [6.45, 7) is 0.795. The second-order valence-corrected chi connectivity index (χ2v) is 3.40. The maximum Gasteiger partial charge on any atom is 0.218 e. The number of hydrogen-bond donors (Lipinski definition) is 1. The number of rotatable bonds is 7. The number of thioether (sulfide) groups is 1. The van der Waals surface area contributed by atoms with Crippen LogP contribution in [0.15, 0.2) is 0 Å². The van der Waals surface area contributed by atoms with Crippen molar-refractivity contribution in [3.8, 4) is 0 Å². The fourth-order valence-electron chi connectivity index (χ4n) is 0.580. The zero-order chi connectivity index (χ0) is 8.53. The first-order chi connectivity index (χ1) is 5.27. The molecule has 0 fully saturated rings. The summed E-state index contributed by atoms with van der Waals surface area (Å²) in [5.74, 6) is 1.66. The van der Waals surface area contributed by atoms with E-state index in [2.05, 4.69) is 0 Å². The number of carbonyl (C=O) groups excluding carboxylic acids is 1. The molecule has 0 heterocycles. The van der Waals surface area contributed by atoms with E-state index >= 15 is 0 Å². The summed E-state index contributed by atoms with van der Waals surface area (Å²) in [5.41, 5.74) is 4.96. The number of nitrogens with two attached hydrogens (primary N) is 1. The van der Waals surface area contributed by atoms with Crippen LogP contribution in [-0.2, 0) is 9.53 Å². The molecule has 0 rings (SSSR count). The summed E-state index contributed by atoms with van der Waals surface area (Å²) < 4.78 is 4.86. The Balaban J connectivity index is 2.85. The molecule has 1 amide bonds. The second-order valence-electron chi connectivity index (χ2n) is 2.18. The van der Waals surface area contributed by atoms with Crippen molar-refractivity contribution >= 4 is 17.7 Å². The molecule has 0 saturated heterocycles. The molecule has 0 aromatic carbocycles. The van der Waals surface area contributed by atoms with E-state index in [1.165, 1.54) is 0 Å². The molecule has 0 aromatic rings. The Labute approximate surface area is 71.7 Å². The number of methoxy groups -OCH3 is 1. The first-order valence-corrected chi connectivity index (χ1v) is 4.78. The predicted molar refractivity (Wildman–Crippen MR) is 47.6 cm³/mol. The second kappa shape index (κ2) is 7.88. The van der Waals surface area contributed by atoms with Crippen LogP contribution in [0.3, 0.4) is 0 Å². The fraction of sp³-hybridized carbons (Fsp3) is 0.857. The van der Waals surface area contributed by atoms with E-state index in [-0.39, 0.29) is 5.91 Å². The Hall–Kier alpha value is -0.220. The highest BCUT2D eigenvalue weighted by atomic mass is 32.2. The molecule has 3 nitrogen and oxygen atoms in total. The molecule has 0 aromatic heterocycles. The molecule has 11 heavy (non-hydrogen) atoms. The van der Waals surface area contributed by atoms with Gasteiger partial charge in [0.25, 0.3) is 0 Å². The van der Waals surface area contributed by atoms with Gasteiger partial charge in [-0.05, 0) is 12.2 Å². The molecule has 0 saturated carbocycles. The molecule has 4 heteroatoms. The first kappa shape index (κ1) is 10.8. The SMILES string of the molecule is COCCCSCCC(N)=O. The lowest BCUT2D eigenvalue weighted by molar-refractivity contribution is -0.117. The summed E-state index contributed by atoms with van der Waals surface area (Å²) in [6.07, 6.45) is 1.53. The number of amides is 1. The van der Waals surface area contributed by atoms with Crippen LogP contribution in [-0.4, -0.2) is 31.1 Å². The molecule has 0 aliphatic heterocycles. The Bertz CT molecular complexity index is 109. The molecular formula is C7H15NO2S. The molecule has 0 spiro atoms. The molecule has 0 bridgehead atoms. The van der Waals surface area contributed by atoms with Gasteiger partial charge < -0.3 is 10.5 Å². The minimum atomic E-state index is -0.218. The number of carbonyl (C=O) groups is 1. The van der Waals surface area contributed by atoms with Crippen molar-refractivity contribution in [1.82, 2.24) is 0 Å². The van der Waals surface area contributed by atoms with E-state index in [0.717, 1.165) is 24.5 Å². The van der Waals surface area contributed by atoms with Crippen LogP contribution >= 0.6 is 11.8 Å². The quantitative estimate of drug-likeness (QED) is 0.580. The molecule has 0 aliphatic rings. The maximum absolute atomic E-state index is 10.3. The Morgan fingerprint density at radius 1 is 1.55 bits per heavy atom. The minimum Gasteiger partial charge on any atom is -0.385 e. The Kier molecular flexibility index (Phi) is 7.72. The maximum atomic E-state index is 10.3. The summed E-state index contributed by atoms with van der Waals surface area (Å²) in [4.78, 5) is 10.3. The van der Waals surface area contributed by atoms with E-state index in [0.29, 0.717) is 6.42 Å². The smallest absolute Gasteiger partial charge is 0.218 e. The van der Waals surface area contributed by atoms with Gasteiger partial charge in [0.1, 0.15) is 0 Å². The standard InChI is InChI=1S/C7H15NO2S/c1-10-4-2-5-11-6-3-7(8)9/h2-6H2,1H3,(H2,8,9). The Morgan fingerprint density at radius 2 is 2.27 bits per heavy atom. The molecule has 0 unspecified atom stereocenters. The van der Waals surface area contributed by atoms with Crippen LogP contribution < -0.4 is 5.73 Å². The molecule has 0 radical (unpaired) electrons.